The number of rotatable bonds is 10. The summed E-state index contributed by atoms with van der Waals surface area (Å²) in [6, 6.07) is 0. The Bertz CT molecular complexity index is 582. The van der Waals surface area contributed by atoms with Crippen LogP contribution < -0.4 is 0 Å². The Morgan fingerprint density at radius 3 is 1.18 bits per heavy atom. The third-order valence-electron chi connectivity index (χ3n) is 8.91. The normalized spacial score (nSPS) is 41.1. The summed E-state index contributed by atoms with van der Waals surface area (Å²) >= 11 is 12.7. The monoisotopic (exact) mass is 542 g/mol. The van der Waals surface area contributed by atoms with Gasteiger partial charge in [0.25, 0.3) is 0 Å². The van der Waals surface area contributed by atoms with E-state index in [1.54, 1.807) is 0 Å². The number of hydrogen-bond donors (Lipinski definition) is 0. The fraction of sp³-hybridized carbons (Fsp3) is 1.00. The largest absolute Gasteiger partial charge is 0.153 e. The van der Waals surface area contributed by atoms with E-state index in [1.807, 2.05) is 0 Å². The highest BCUT2D eigenvalue weighted by molar-refractivity contribution is 8.27. The molecule has 0 saturated heterocycles. The minimum Gasteiger partial charge on any atom is -0.153 e. The van der Waals surface area contributed by atoms with Crippen molar-refractivity contribution in [3.63, 3.8) is 0 Å². The average molecular weight is 543 g/mol. The first kappa shape index (κ1) is 25.1. The molecule has 0 bridgehead atoms. The van der Waals surface area contributed by atoms with E-state index in [0.717, 1.165) is 31.5 Å². The molecule has 188 valence electrons. The van der Waals surface area contributed by atoms with Crippen molar-refractivity contribution in [2.24, 2.45) is 0 Å². The molecule has 0 N–H and O–H groups in total. The zero-order valence-corrected chi connectivity index (χ0v) is 24.7. The van der Waals surface area contributed by atoms with Crippen LogP contribution in [0.15, 0.2) is 0 Å². The van der Waals surface area contributed by atoms with Crippen LogP contribution in [0.3, 0.4) is 0 Å². The van der Waals surface area contributed by atoms with Gasteiger partial charge >= 0.3 is 0 Å². The van der Waals surface area contributed by atoms with E-state index in [4.69, 9.17) is 0 Å². The molecule has 0 spiro atoms. The smallest absolute Gasteiger partial charge is 0.0746 e. The first-order valence-corrected chi connectivity index (χ1v) is 19.1. The molecule has 0 aromatic rings. The van der Waals surface area contributed by atoms with Crippen molar-refractivity contribution in [2.75, 3.05) is 0 Å². The summed E-state index contributed by atoms with van der Waals surface area (Å²) in [7, 11) is 0. The van der Waals surface area contributed by atoms with Gasteiger partial charge in [0.05, 0.1) is 8.16 Å². The van der Waals surface area contributed by atoms with Crippen LogP contribution >= 0.6 is 58.8 Å². The van der Waals surface area contributed by atoms with E-state index in [0.29, 0.717) is 8.16 Å². The van der Waals surface area contributed by atoms with Crippen molar-refractivity contribution < 1.29 is 0 Å². The molecule has 4 unspecified atom stereocenters. The van der Waals surface area contributed by atoms with E-state index in [9.17, 15) is 0 Å². The lowest BCUT2D eigenvalue weighted by atomic mass is 9.98. The highest BCUT2D eigenvalue weighted by Crippen LogP contribution is 2.67. The third-order valence-corrected chi connectivity index (χ3v) is 19.3. The highest BCUT2D eigenvalue weighted by Gasteiger charge is 2.55. The molecule has 0 aromatic heterocycles. The second kappa shape index (κ2) is 11.2. The molecule has 33 heavy (non-hydrogen) atoms. The molecule has 0 aliphatic heterocycles. The van der Waals surface area contributed by atoms with Gasteiger partial charge in [-0.15, -0.1) is 35.3 Å². The third kappa shape index (κ3) is 6.26. The predicted molar refractivity (Wildman–Crippen MR) is 158 cm³/mol. The Morgan fingerprint density at radius 1 is 0.394 bits per heavy atom. The van der Waals surface area contributed by atoms with Crippen molar-refractivity contribution in [3.05, 3.63) is 0 Å². The lowest BCUT2D eigenvalue weighted by Crippen LogP contribution is -2.48. The second-order valence-corrected chi connectivity index (χ2v) is 20.4. The fourth-order valence-corrected chi connectivity index (χ4v) is 18.2. The molecule has 4 atom stereocenters. The molecule has 0 aromatic carbocycles. The number of thioether (sulfide) groups is 5. The zero-order chi connectivity index (χ0) is 22.1. The molecule has 0 radical (unpaired) electrons. The fourth-order valence-electron chi connectivity index (χ4n) is 6.80. The Morgan fingerprint density at radius 2 is 0.788 bits per heavy atom. The summed E-state index contributed by atoms with van der Waals surface area (Å²) in [5, 5.41) is 5.79. The van der Waals surface area contributed by atoms with Gasteiger partial charge in [0.15, 0.2) is 0 Å². The SMILES string of the molecule is C1CCC(SC2(SC3(SC4CCCC4)CCCCC3SC3CC3)CCCCC2SC2CC2)C1. The molecular weight excluding hydrogens is 497 g/mol. The maximum Gasteiger partial charge on any atom is 0.0746 e. The van der Waals surface area contributed by atoms with Gasteiger partial charge in [-0.05, 0) is 77.0 Å². The molecule has 6 fully saturated rings. The van der Waals surface area contributed by atoms with Gasteiger partial charge in [-0.1, -0.05) is 51.4 Å². The van der Waals surface area contributed by atoms with Crippen molar-refractivity contribution in [1.82, 2.24) is 0 Å². The van der Waals surface area contributed by atoms with Crippen LogP contribution in [-0.4, -0.2) is 39.7 Å². The summed E-state index contributed by atoms with van der Waals surface area (Å²) in [5.74, 6) is 0. The van der Waals surface area contributed by atoms with E-state index in [1.165, 1.54) is 128 Å². The maximum absolute atomic E-state index is 2.65. The molecule has 0 amide bonds. The van der Waals surface area contributed by atoms with Gasteiger partial charge in [0, 0.05) is 31.5 Å². The summed E-state index contributed by atoms with van der Waals surface area (Å²) in [6.45, 7) is 0. The van der Waals surface area contributed by atoms with Gasteiger partial charge in [0.2, 0.25) is 0 Å². The van der Waals surface area contributed by atoms with Crippen LogP contribution in [0.2, 0.25) is 0 Å². The van der Waals surface area contributed by atoms with Crippen molar-refractivity contribution in [2.45, 2.75) is 168 Å². The molecule has 6 rings (SSSR count). The van der Waals surface area contributed by atoms with Gasteiger partial charge in [-0.25, -0.2) is 0 Å². The predicted octanol–water partition coefficient (Wildman–Crippen LogP) is 10.1. The van der Waals surface area contributed by atoms with Crippen LogP contribution in [0.5, 0.6) is 0 Å². The van der Waals surface area contributed by atoms with E-state index < -0.39 is 0 Å². The molecule has 0 nitrogen and oxygen atoms in total. The van der Waals surface area contributed by atoms with Crippen molar-refractivity contribution in [1.29, 1.82) is 0 Å². The van der Waals surface area contributed by atoms with E-state index >= 15 is 0 Å². The zero-order valence-electron chi connectivity index (χ0n) is 20.6. The average Bonchev–Trinajstić information content (AvgIpc) is 3.71. The van der Waals surface area contributed by atoms with Crippen LogP contribution in [-0.2, 0) is 0 Å². The summed E-state index contributed by atoms with van der Waals surface area (Å²) in [5.41, 5.74) is 0. The maximum atomic E-state index is 2.65. The molecule has 0 heterocycles. The van der Waals surface area contributed by atoms with Gasteiger partial charge in [-0.3, -0.25) is 0 Å². The first-order chi connectivity index (χ1) is 16.2. The Labute approximate surface area is 225 Å². The van der Waals surface area contributed by atoms with Crippen molar-refractivity contribution in [3.8, 4) is 0 Å². The van der Waals surface area contributed by atoms with Crippen LogP contribution in [0.4, 0.5) is 0 Å². The Balaban J connectivity index is 1.31. The van der Waals surface area contributed by atoms with Crippen LogP contribution in [0.1, 0.15) is 128 Å². The minimum absolute atomic E-state index is 0.506. The first-order valence-electron chi connectivity index (χ1n) is 14.6. The topological polar surface area (TPSA) is 0 Å². The highest BCUT2D eigenvalue weighted by atomic mass is 32.2. The van der Waals surface area contributed by atoms with Gasteiger partial charge in [0.1, 0.15) is 0 Å². The summed E-state index contributed by atoms with van der Waals surface area (Å²) in [6.07, 6.45) is 30.1. The van der Waals surface area contributed by atoms with E-state index in [-0.39, 0.29) is 0 Å². The summed E-state index contributed by atoms with van der Waals surface area (Å²) < 4.78 is 1.01. The standard InChI is InChI=1S/C28H46S5/c1-2-10-23(9-1)31-27(19-7-5-13-25(27)29-21-15-16-21)33-28(32-24-11-3-4-12-24)20-8-6-14-26(28)30-22-17-18-22/h21-26H,1-20H2. The van der Waals surface area contributed by atoms with Gasteiger partial charge < -0.3 is 0 Å². The minimum atomic E-state index is 0.506. The quantitative estimate of drug-likeness (QED) is 0.251. The van der Waals surface area contributed by atoms with Crippen LogP contribution in [0.25, 0.3) is 0 Å². The Hall–Kier alpha value is 1.75. The lowest BCUT2D eigenvalue weighted by molar-refractivity contribution is 0.477. The van der Waals surface area contributed by atoms with E-state index in [2.05, 4.69) is 58.8 Å². The lowest BCUT2D eigenvalue weighted by Gasteiger charge is -2.53. The number of hydrogen-bond acceptors (Lipinski definition) is 5. The molecule has 6 saturated carbocycles. The molecule has 6 aliphatic carbocycles. The molecule has 5 heteroatoms. The summed E-state index contributed by atoms with van der Waals surface area (Å²) in [4.78, 5) is 0. The molecular formula is C28H46S5. The molecule has 6 aliphatic rings. The van der Waals surface area contributed by atoms with Crippen LogP contribution in [0, 0.1) is 0 Å². The van der Waals surface area contributed by atoms with Crippen molar-refractivity contribution >= 4 is 58.8 Å². The van der Waals surface area contributed by atoms with Gasteiger partial charge in [-0.2, -0.15) is 23.5 Å². The second-order valence-electron chi connectivity index (χ2n) is 11.9. The Kier molecular flexibility index (Phi) is 8.53.